The molecule has 0 radical (unpaired) electrons. The molecule has 1 aromatic carbocycles. The zero-order valence-electron chi connectivity index (χ0n) is 12.3. The molecule has 118 valence electrons. The average Bonchev–Trinajstić information content (AvgIpc) is 2.44. The molecule has 1 fully saturated rings. The summed E-state index contributed by atoms with van der Waals surface area (Å²) >= 11 is 5.97. The summed E-state index contributed by atoms with van der Waals surface area (Å²) in [5.74, 6) is 0.601. The molecule has 6 heteroatoms. The molecule has 0 bridgehead atoms. The molecule has 1 aromatic rings. The normalized spacial score (nSPS) is 16.7. The van der Waals surface area contributed by atoms with Crippen molar-refractivity contribution in [1.82, 2.24) is 10.6 Å². The summed E-state index contributed by atoms with van der Waals surface area (Å²) in [7, 11) is 0. The van der Waals surface area contributed by atoms with E-state index < -0.39 is 6.10 Å². The zero-order chi connectivity index (χ0) is 14.5. The lowest BCUT2D eigenvalue weighted by Crippen LogP contribution is -2.46. The third-order valence-electron chi connectivity index (χ3n) is 3.50. The van der Waals surface area contributed by atoms with Crippen molar-refractivity contribution >= 4 is 29.9 Å². The fourth-order valence-electron chi connectivity index (χ4n) is 2.23. The molecule has 1 aliphatic rings. The van der Waals surface area contributed by atoms with Crippen LogP contribution in [-0.4, -0.2) is 31.1 Å². The predicted molar refractivity (Wildman–Crippen MR) is 87.6 cm³/mol. The Balaban J connectivity index is 0.00000220. The molecule has 2 N–H and O–H groups in total. The summed E-state index contributed by atoms with van der Waals surface area (Å²) in [5, 5.41) is 7.01. The van der Waals surface area contributed by atoms with Gasteiger partial charge in [-0.25, -0.2) is 0 Å². The number of ether oxygens (including phenoxy) is 1. The number of aryl methyl sites for hydroxylation is 1. The van der Waals surface area contributed by atoms with Gasteiger partial charge in [0.2, 0.25) is 0 Å². The maximum Gasteiger partial charge on any atom is 0.260 e. The summed E-state index contributed by atoms with van der Waals surface area (Å²) in [6, 6.07) is 5.66. The minimum absolute atomic E-state index is 0. The van der Waals surface area contributed by atoms with Crippen molar-refractivity contribution in [2.75, 3.05) is 13.1 Å². The monoisotopic (exact) mass is 332 g/mol. The van der Waals surface area contributed by atoms with Crippen LogP contribution in [0.1, 0.15) is 25.3 Å². The molecule has 0 aliphatic carbocycles. The highest BCUT2D eigenvalue weighted by atomic mass is 35.5. The molecular weight excluding hydrogens is 311 g/mol. The van der Waals surface area contributed by atoms with Crippen LogP contribution in [0.25, 0.3) is 0 Å². The highest BCUT2D eigenvalue weighted by molar-refractivity contribution is 6.31. The highest BCUT2D eigenvalue weighted by Crippen LogP contribution is 2.21. The number of carbonyl (C=O) groups excluding carboxylic acids is 1. The van der Waals surface area contributed by atoms with Crippen molar-refractivity contribution in [2.24, 2.45) is 0 Å². The lowest BCUT2D eigenvalue weighted by atomic mass is 10.1. The van der Waals surface area contributed by atoms with E-state index in [-0.39, 0.29) is 24.4 Å². The van der Waals surface area contributed by atoms with Crippen LogP contribution in [0.15, 0.2) is 18.2 Å². The van der Waals surface area contributed by atoms with E-state index in [4.69, 9.17) is 16.3 Å². The van der Waals surface area contributed by atoms with E-state index in [1.54, 1.807) is 19.1 Å². The van der Waals surface area contributed by atoms with E-state index in [9.17, 15) is 4.79 Å². The largest absolute Gasteiger partial charge is 0.481 e. The SMILES string of the molecule is Cc1cc(OC(C)C(=O)NC2CCNCC2)ccc1Cl.Cl. The fraction of sp³-hybridized carbons (Fsp3) is 0.533. The van der Waals surface area contributed by atoms with Crippen LogP contribution < -0.4 is 15.4 Å². The maximum absolute atomic E-state index is 12.1. The lowest BCUT2D eigenvalue weighted by Gasteiger charge is -2.25. The van der Waals surface area contributed by atoms with Gasteiger partial charge >= 0.3 is 0 Å². The Kier molecular flexibility index (Phi) is 7.29. The van der Waals surface area contributed by atoms with Gasteiger partial charge in [-0.1, -0.05) is 11.6 Å². The Morgan fingerprint density at radius 1 is 1.43 bits per heavy atom. The number of halogens is 2. The first-order chi connectivity index (χ1) is 9.56. The Morgan fingerprint density at radius 2 is 2.10 bits per heavy atom. The summed E-state index contributed by atoms with van der Waals surface area (Å²) in [4.78, 5) is 12.1. The Morgan fingerprint density at radius 3 is 2.71 bits per heavy atom. The first kappa shape index (κ1) is 18.1. The van der Waals surface area contributed by atoms with E-state index in [1.165, 1.54) is 0 Å². The first-order valence-corrected chi connectivity index (χ1v) is 7.38. The molecule has 0 aromatic heterocycles. The van der Waals surface area contributed by atoms with E-state index in [0.717, 1.165) is 31.5 Å². The molecule has 1 heterocycles. The molecule has 4 nitrogen and oxygen atoms in total. The van der Waals surface area contributed by atoms with Crippen molar-refractivity contribution in [3.05, 3.63) is 28.8 Å². The van der Waals surface area contributed by atoms with Gasteiger partial charge in [-0.05, 0) is 63.5 Å². The van der Waals surface area contributed by atoms with Crippen LogP contribution in [0.2, 0.25) is 5.02 Å². The molecule has 0 spiro atoms. The summed E-state index contributed by atoms with van der Waals surface area (Å²) < 4.78 is 5.67. The van der Waals surface area contributed by atoms with E-state index in [0.29, 0.717) is 10.8 Å². The minimum atomic E-state index is -0.509. The van der Waals surface area contributed by atoms with Crippen LogP contribution in [0.3, 0.4) is 0 Å². The van der Waals surface area contributed by atoms with Crippen LogP contribution >= 0.6 is 24.0 Å². The second kappa shape index (κ2) is 8.47. The number of benzene rings is 1. The van der Waals surface area contributed by atoms with Crippen molar-refractivity contribution in [3.63, 3.8) is 0 Å². The van der Waals surface area contributed by atoms with Crippen molar-refractivity contribution < 1.29 is 9.53 Å². The number of piperidine rings is 1. The van der Waals surface area contributed by atoms with E-state index in [2.05, 4.69) is 10.6 Å². The topological polar surface area (TPSA) is 50.4 Å². The fourth-order valence-corrected chi connectivity index (χ4v) is 2.35. The smallest absolute Gasteiger partial charge is 0.260 e. The Hall–Kier alpha value is -0.970. The molecule has 1 unspecified atom stereocenters. The zero-order valence-corrected chi connectivity index (χ0v) is 13.9. The number of hydrogen-bond donors (Lipinski definition) is 2. The van der Waals surface area contributed by atoms with Gasteiger partial charge in [0.15, 0.2) is 6.10 Å². The van der Waals surface area contributed by atoms with Gasteiger partial charge in [-0.3, -0.25) is 4.79 Å². The van der Waals surface area contributed by atoms with Crippen molar-refractivity contribution in [2.45, 2.75) is 38.8 Å². The van der Waals surface area contributed by atoms with Crippen molar-refractivity contribution in [3.8, 4) is 5.75 Å². The summed E-state index contributed by atoms with van der Waals surface area (Å²) in [6.45, 7) is 5.59. The average molecular weight is 333 g/mol. The van der Waals surface area contributed by atoms with Gasteiger partial charge < -0.3 is 15.4 Å². The van der Waals surface area contributed by atoms with Crippen LogP contribution in [0, 0.1) is 6.92 Å². The standard InChI is InChI=1S/C15H21ClN2O2.ClH/c1-10-9-13(3-4-14(10)16)20-11(2)15(19)18-12-5-7-17-8-6-12;/h3-4,9,11-12,17H,5-8H2,1-2H3,(H,18,19);1H. The number of carbonyl (C=O) groups is 1. The maximum atomic E-state index is 12.1. The quantitative estimate of drug-likeness (QED) is 0.891. The third-order valence-corrected chi connectivity index (χ3v) is 3.92. The lowest BCUT2D eigenvalue weighted by molar-refractivity contribution is -0.128. The Labute approximate surface area is 137 Å². The van der Waals surface area contributed by atoms with E-state index >= 15 is 0 Å². The second-order valence-corrected chi connectivity index (χ2v) is 5.61. The van der Waals surface area contributed by atoms with Gasteiger partial charge in [-0.15, -0.1) is 12.4 Å². The molecule has 1 saturated heterocycles. The number of rotatable bonds is 4. The summed E-state index contributed by atoms with van der Waals surface area (Å²) in [5.41, 5.74) is 0.940. The molecule has 21 heavy (non-hydrogen) atoms. The van der Waals surface area contributed by atoms with Crippen LogP contribution in [0.5, 0.6) is 5.75 Å². The van der Waals surface area contributed by atoms with Crippen molar-refractivity contribution in [1.29, 1.82) is 0 Å². The number of hydrogen-bond acceptors (Lipinski definition) is 3. The minimum Gasteiger partial charge on any atom is -0.481 e. The first-order valence-electron chi connectivity index (χ1n) is 7.00. The molecule has 2 rings (SSSR count). The molecular formula is C15H22Cl2N2O2. The second-order valence-electron chi connectivity index (χ2n) is 5.20. The molecule has 1 amide bonds. The highest BCUT2D eigenvalue weighted by Gasteiger charge is 2.20. The third kappa shape index (κ3) is 5.38. The van der Waals surface area contributed by atoms with Gasteiger partial charge in [0.1, 0.15) is 5.75 Å². The van der Waals surface area contributed by atoms with E-state index in [1.807, 2.05) is 13.0 Å². The van der Waals surface area contributed by atoms with Crippen LogP contribution in [0.4, 0.5) is 0 Å². The summed E-state index contributed by atoms with van der Waals surface area (Å²) in [6.07, 6.45) is 1.43. The van der Waals surface area contributed by atoms with Gasteiger partial charge in [0.25, 0.3) is 5.91 Å². The molecule has 0 saturated carbocycles. The number of nitrogens with one attached hydrogen (secondary N) is 2. The predicted octanol–water partition coefficient (Wildman–Crippen LogP) is 2.71. The van der Waals surface area contributed by atoms with Gasteiger partial charge in [0, 0.05) is 11.1 Å². The molecule has 1 atom stereocenters. The molecule has 1 aliphatic heterocycles. The number of amides is 1. The van der Waals surface area contributed by atoms with Gasteiger partial charge in [0.05, 0.1) is 0 Å². The van der Waals surface area contributed by atoms with Gasteiger partial charge in [-0.2, -0.15) is 0 Å². The van der Waals surface area contributed by atoms with Crippen LogP contribution in [-0.2, 0) is 4.79 Å². The Bertz CT molecular complexity index is 477.